The highest BCUT2D eigenvalue weighted by molar-refractivity contribution is 7.20. The SMILES string of the molecule is Cc1nn(Cc2ccccc2Cl)c2sc(C(=O)NC(C)CO)cc12. The molecule has 0 aliphatic heterocycles. The molecule has 0 saturated carbocycles. The lowest BCUT2D eigenvalue weighted by molar-refractivity contribution is 0.0926. The number of carbonyl (C=O) groups excluding carboxylic acids is 1. The summed E-state index contributed by atoms with van der Waals surface area (Å²) < 4.78 is 1.88. The Morgan fingerprint density at radius 1 is 1.46 bits per heavy atom. The first kappa shape index (κ1) is 17.0. The van der Waals surface area contributed by atoms with Crippen molar-refractivity contribution in [2.45, 2.75) is 26.4 Å². The highest BCUT2D eigenvalue weighted by atomic mass is 35.5. The Balaban J connectivity index is 1.93. The van der Waals surface area contributed by atoms with Crippen molar-refractivity contribution >= 4 is 39.1 Å². The number of thiophene rings is 1. The number of nitrogens with zero attached hydrogens (tertiary/aromatic N) is 2. The number of nitrogens with one attached hydrogen (secondary N) is 1. The van der Waals surface area contributed by atoms with E-state index in [1.807, 2.05) is 41.9 Å². The molecular weight excluding hydrogens is 346 g/mol. The zero-order valence-corrected chi connectivity index (χ0v) is 15.0. The minimum atomic E-state index is -0.275. The summed E-state index contributed by atoms with van der Waals surface area (Å²) in [6.45, 7) is 4.15. The molecule has 2 N–H and O–H groups in total. The number of rotatable bonds is 5. The number of aromatic nitrogens is 2. The van der Waals surface area contributed by atoms with E-state index in [0.29, 0.717) is 16.4 Å². The van der Waals surface area contributed by atoms with Gasteiger partial charge in [-0.1, -0.05) is 29.8 Å². The maximum Gasteiger partial charge on any atom is 0.261 e. The zero-order valence-electron chi connectivity index (χ0n) is 13.4. The van der Waals surface area contributed by atoms with Gasteiger partial charge in [0.25, 0.3) is 5.91 Å². The van der Waals surface area contributed by atoms with Crippen molar-refractivity contribution in [3.05, 3.63) is 51.5 Å². The molecule has 5 nitrogen and oxygen atoms in total. The molecule has 3 rings (SSSR count). The number of amides is 1. The van der Waals surface area contributed by atoms with Gasteiger partial charge in [0.1, 0.15) is 4.83 Å². The van der Waals surface area contributed by atoms with Gasteiger partial charge in [-0.15, -0.1) is 11.3 Å². The summed E-state index contributed by atoms with van der Waals surface area (Å²) in [5.41, 5.74) is 1.86. The van der Waals surface area contributed by atoms with E-state index in [2.05, 4.69) is 10.4 Å². The predicted octanol–water partition coefficient (Wildman–Crippen LogP) is 3.22. The molecule has 1 atom stereocenters. The van der Waals surface area contributed by atoms with E-state index in [1.54, 1.807) is 6.92 Å². The van der Waals surface area contributed by atoms with Crippen LogP contribution in [0.3, 0.4) is 0 Å². The Morgan fingerprint density at radius 3 is 2.92 bits per heavy atom. The lowest BCUT2D eigenvalue weighted by Crippen LogP contribution is -2.34. The van der Waals surface area contributed by atoms with Crippen molar-refractivity contribution in [2.75, 3.05) is 6.61 Å². The van der Waals surface area contributed by atoms with Gasteiger partial charge in [-0.3, -0.25) is 9.48 Å². The van der Waals surface area contributed by atoms with E-state index in [4.69, 9.17) is 16.7 Å². The van der Waals surface area contributed by atoms with Crippen molar-refractivity contribution in [1.82, 2.24) is 15.1 Å². The molecule has 2 heterocycles. The molecule has 3 aromatic rings. The average molecular weight is 364 g/mol. The standard InChI is InChI=1S/C17H18ClN3O2S/c1-10(9-22)19-16(23)15-7-13-11(2)20-21(17(13)24-15)8-12-5-3-4-6-14(12)18/h3-7,10,22H,8-9H2,1-2H3,(H,19,23). The molecule has 0 aliphatic carbocycles. The van der Waals surface area contributed by atoms with Gasteiger partial charge in [-0.2, -0.15) is 5.10 Å². The van der Waals surface area contributed by atoms with Gasteiger partial charge in [0.05, 0.1) is 23.7 Å². The van der Waals surface area contributed by atoms with E-state index < -0.39 is 0 Å². The van der Waals surface area contributed by atoms with Gasteiger partial charge in [-0.25, -0.2) is 0 Å². The molecule has 2 aromatic heterocycles. The second-order valence-electron chi connectivity index (χ2n) is 5.72. The van der Waals surface area contributed by atoms with Gasteiger partial charge >= 0.3 is 0 Å². The Morgan fingerprint density at radius 2 is 2.21 bits per heavy atom. The molecule has 0 aliphatic rings. The summed E-state index contributed by atoms with van der Waals surface area (Å²) in [4.78, 5) is 13.8. The fraction of sp³-hybridized carbons (Fsp3) is 0.294. The molecule has 0 bridgehead atoms. The summed E-state index contributed by atoms with van der Waals surface area (Å²) >= 11 is 7.63. The largest absolute Gasteiger partial charge is 0.394 e. The molecule has 0 saturated heterocycles. The van der Waals surface area contributed by atoms with Gasteiger partial charge in [0, 0.05) is 16.5 Å². The minimum Gasteiger partial charge on any atom is -0.394 e. The first-order valence-corrected chi connectivity index (χ1v) is 8.81. The van der Waals surface area contributed by atoms with E-state index in [-0.39, 0.29) is 18.6 Å². The molecule has 7 heteroatoms. The maximum atomic E-state index is 12.3. The second kappa shape index (κ2) is 6.93. The van der Waals surface area contributed by atoms with Crippen molar-refractivity contribution in [1.29, 1.82) is 0 Å². The molecule has 24 heavy (non-hydrogen) atoms. The fourth-order valence-electron chi connectivity index (χ4n) is 2.46. The molecule has 1 unspecified atom stereocenters. The number of aliphatic hydroxyl groups is 1. The smallest absolute Gasteiger partial charge is 0.261 e. The normalized spacial score (nSPS) is 12.5. The van der Waals surface area contributed by atoms with Crippen LogP contribution in [0.1, 0.15) is 27.9 Å². The fourth-order valence-corrected chi connectivity index (χ4v) is 3.72. The lowest BCUT2D eigenvalue weighted by atomic mass is 10.2. The van der Waals surface area contributed by atoms with Crippen molar-refractivity contribution in [3.63, 3.8) is 0 Å². The molecular formula is C17H18ClN3O2S. The number of aryl methyl sites for hydroxylation is 1. The van der Waals surface area contributed by atoms with Crippen LogP contribution in [-0.4, -0.2) is 33.4 Å². The van der Waals surface area contributed by atoms with E-state index in [9.17, 15) is 4.79 Å². The molecule has 1 aromatic carbocycles. The van der Waals surface area contributed by atoms with Crippen LogP contribution in [0.25, 0.3) is 10.2 Å². The number of aliphatic hydroxyl groups excluding tert-OH is 1. The van der Waals surface area contributed by atoms with Crippen molar-refractivity contribution in [3.8, 4) is 0 Å². The van der Waals surface area contributed by atoms with Crippen LogP contribution in [0.2, 0.25) is 5.02 Å². The van der Waals surface area contributed by atoms with Gasteiger partial charge in [0.15, 0.2) is 0 Å². The topological polar surface area (TPSA) is 67.2 Å². The first-order valence-electron chi connectivity index (χ1n) is 7.61. The Hall–Kier alpha value is -1.89. The van der Waals surface area contributed by atoms with Crippen LogP contribution in [0.4, 0.5) is 0 Å². The third kappa shape index (κ3) is 3.31. The first-order chi connectivity index (χ1) is 11.5. The monoisotopic (exact) mass is 363 g/mol. The van der Waals surface area contributed by atoms with Crippen molar-refractivity contribution < 1.29 is 9.90 Å². The van der Waals surface area contributed by atoms with Crippen LogP contribution in [0, 0.1) is 6.92 Å². The van der Waals surface area contributed by atoms with E-state index in [0.717, 1.165) is 21.5 Å². The average Bonchev–Trinajstić information content (AvgIpc) is 3.11. The predicted molar refractivity (Wildman–Crippen MR) is 96.9 cm³/mol. The van der Waals surface area contributed by atoms with Crippen LogP contribution in [0.5, 0.6) is 0 Å². The Bertz CT molecular complexity index is 887. The second-order valence-corrected chi connectivity index (χ2v) is 7.16. The summed E-state index contributed by atoms with van der Waals surface area (Å²) in [6.07, 6.45) is 0. The summed E-state index contributed by atoms with van der Waals surface area (Å²) in [5.74, 6) is -0.179. The number of hydrogen-bond donors (Lipinski definition) is 2. The number of halogens is 1. The van der Waals surface area contributed by atoms with Gasteiger partial charge in [-0.05, 0) is 31.5 Å². The minimum absolute atomic E-state index is 0.0874. The van der Waals surface area contributed by atoms with Crippen LogP contribution >= 0.6 is 22.9 Å². The van der Waals surface area contributed by atoms with Gasteiger partial charge < -0.3 is 10.4 Å². The number of benzene rings is 1. The quantitative estimate of drug-likeness (QED) is 0.731. The number of fused-ring (bicyclic) bond motifs is 1. The highest BCUT2D eigenvalue weighted by Crippen LogP contribution is 2.29. The van der Waals surface area contributed by atoms with E-state index in [1.165, 1.54) is 11.3 Å². The highest BCUT2D eigenvalue weighted by Gasteiger charge is 2.17. The van der Waals surface area contributed by atoms with Crippen LogP contribution in [0.15, 0.2) is 30.3 Å². The molecule has 1 amide bonds. The van der Waals surface area contributed by atoms with Crippen LogP contribution < -0.4 is 5.32 Å². The number of hydrogen-bond acceptors (Lipinski definition) is 4. The Kier molecular flexibility index (Phi) is 4.89. The van der Waals surface area contributed by atoms with Gasteiger partial charge in [0.2, 0.25) is 0 Å². The number of carbonyl (C=O) groups is 1. The summed E-state index contributed by atoms with van der Waals surface area (Å²) in [5, 5.41) is 18.1. The molecule has 126 valence electrons. The summed E-state index contributed by atoms with van der Waals surface area (Å²) in [7, 11) is 0. The molecule has 0 radical (unpaired) electrons. The summed E-state index contributed by atoms with van der Waals surface area (Å²) in [6, 6.07) is 9.24. The van der Waals surface area contributed by atoms with E-state index >= 15 is 0 Å². The zero-order chi connectivity index (χ0) is 17.3. The maximum absolute atomic E-state index is 12.3. The van der Waals surface area contributed by atoms with Crippen LogP contribution in [-0.2, 0) is 6.54 Å². The third-order valence-corrected chi connectivity index (χ3v) is 5.28. The Labute approximate surface area is 148 Å². The molecule has 0 fully saturated rings. The third-order valence-electron chi connectivity index (χ3n) is 3.76. The lowest BCUT2D eigenvalue weighted by Gasteiger charge is -2.09. The van der Waals surface area contributed by atoms with Crippen molar-refractivity contribution in [2.24, 2.45) is 0 Å². The molecule has 0 spiro atoms.